The Labute approximate surface area is 134 Å². The van der Waals surface area contributed by atoms with Gasteiger partial charge in [0.2, 0.25) is 10.0 Å². The topological polar surface area (TPSA) is 70.0 Å². The SMILES string of the molecule is N#C[C@@]12CCCC[C@@H](CC1)[C@H]2NS(=O)(=O)c1ccc(Cl)s1. The minimum absolute atomic E-state index is 0.226. The van der Waals surface area contributed by atoms with Gasteiger partial charge in [0, 0.05) is 6.04 Å². The van der Waals surface area contributed by atoms with Crippen molar-refractivity contribution >= 4 is 33.0 Å². The average molecular weight is 345 g/mol. The molecule has 1 heterocycles. The van der Waals surface area contributed by atoms with E-state index >= 15 is 0 Å². The maximum absolute atomic E-state index is 12.5. The van der Waals surface area contributed by atoms with Gasteiger partial charge in [0.05, 0.1) is 15.8 Å². The summed E-state index contributed by atoms with van der Waals surface area (Å²) in [6.07, 6.45) is 5.61. The van der Waals surface area contributed by atoms with Crippen LogP contribution >= 0.6 is 22.9 Å². The van der Waals surface area contributed by atoms with Gasteiger partial charge in [-0.05, 0) is 43.7 Å². The lowest BCUT2D eigenvalue weighted by atomic mass is 9.80. The van der Waals surface area contributed by atoms with Crippen LogP contribution in [0, 0.1) is 22.7 Å². The second-order valence-electron chi connectivity index (χ2n) is 5.97. The van der Waals surface area contributed by atoms with Crippen molar-refractivity contribution in [2.75, 3.05) is 0 Å². The standard InChI is InChI=1S/C14H17ClN2O2S2/c15-11-4-5-12(20-11)21(18,19)17-13-10-3-1-2-7-14(13,9-16)8-6-10/h4-5,10,13,17H,1-3,6-8H2/t10-,13+,14+/m0/s1. The van der Waals surface area contributed by atoms with Gasteiger partial charge in [0.25, 0.3) is 0 Å². The first-order valence-corrected chi connectivity index (χ1v) is 9.84. The number of rotatable bonds is 3. The first kappa shape index (κ1) is 15.3. The number of nitriles is 1. The van der Waals surface area contributed by atoms with E-state index in [0.29, 0.717) is 4.34 Å². The van der Waals surface area contributed by atoms with Crippen LogP contribution in [0.1, 0.15) is 38.5 Å². The highest BCUT2D eigenvalue weighted by Crippen LogP contribution is 2.50. The molecule has 0 aromatic carbocycles. The molecule has 1 N–H and O–H groups in total. The zero-order chi connectivity index (χ0) is 15.1. The van der Waals surface area contributed by atoms with E-state index < -0.39 is 15.4 Å². The van der Waals surface area contributed by atoms with E-state index in [9.17, 15) is 13.7 Å². The van der Waals surface area contributed by atoms with Crippen molar-refractivity contribution in [2.24, 2.45) is 11.3 Å². The molecule has 3 rings (SSSR count). The lowest BCUT2D eigenvalue weighted by Crippen LogP contribution is -2.46. The van der Waals surface area contributed by atoms with Gasteiger partial charge in [0.15, 0.2) is 0 Å². The number of halogens is 1. The zero-order valence-electron chi connectivity index (χ0n) is 11.5. The van der Waals surface area contributed by atoms with Crippen LogP contribution in [0.3, 0.4) is 0 Å². The predicted octanol–water partition coefficient (Wildman–Crippen LogP) is 3.54. The lowest BCUT2D eigenvalue weighted by molar-refractivity contribution is 0.299. The fourth-order valence-corrected chi connectivity index (χ4v) is 6.59. The Morgan fingerprint density at radius 3 is 2.81 bits per heavy atom. The fourth-order valence-electron chi connectivity index (χ4n) is 3.71. The van der Waals surface area contributed by atoms with Gasteiger partial charge >= 0.3 is 0 Å². The van der Waals surface area contributed by atoms with E-state index in [0.717, 1.165) is 49.9 Å². The van der Waals surface area contributed by atoms with Crippen LogP contribution in [0.2, 0.25) is 4.34 Å². The van der Waals surface area contributed by atoms with Gasteiger partial charge in [-0.15, -0.1) is 11.3 Å². The molecule has 0 radical (unpaired) electrons. The molecule has 7 heteroatoms. The summed E-state index contributed by atoms with van der Waals surface area (Å²) >= 11 is 6.88. The third-order valence-corrected chi connectivity index (χ3v) is 7.96. The Balaban J connectivity index is 1.91. The average Bonchev–Trinajstić information content (AvgIpc) is 2.94. The fraction of sp³-hybridized carbons (Fsp3) is 0.643. The third-order valence-electron chi connectivity index (χ3n) is 4.79. The van der Waals surface area contributed by atoms with E-state index in [1.807, 2.05) is 0 Å². The molecule has 2 bridgehead atoms. The number of hydrogen-bond acceptors (Lipinski definition) is 4. The molecule has 0 aliphatic heterocycles. The molecule has 0 saturated heterocycles. The molecule has 3 atom stereocenters. The molecular weight excluding hydrogens is 328 g/mol. The molecule has 4 nitrogen and oxygen atoms in total. The number of thiophene rings is 1. The predicted molar refractivity (Wildman–Crippen MR) is 82.7 cm³/mol. The molecule has 0 amide bonds. The van der Waals surface area contributed by atoms with Crippen molar-refractivity contribution in [3.8, 4) is 6.07 Å². The molecule has 0 spiro atoms. The summed E-state index contributed by atoms with van der Waals surface area (Å²) in [5.74, 6) is 0.275. The maximum Gasteiger partial charge on any atom is 0.250 e. The van der Waals surface area contributed by atoms with Crippen LogP contribution in [-0.2, 0) is 10.0 Å². The van der Waals surface area contributed by atoms with Crippen molar-refractivity contribution in [3.63, 3.8) is 0 Å². The monoisotopic (exact) mass is 344 g/mol. The number of hydrogen-bond donors (Lipinski definition) is 1. The van der Waals surface area contributed by atoms with Crippen LogP contribution in [0.15, 0.2) is 16.3 Å². The largest absolute Gasteiger partial charge is 0.250 e. The van der Waals surface area contributed by atoms with Crippen molar-refractivity contribution in [2.45, 2.75) is 48.8 Å². The highest BCUT2D eigenvalue weighted by atomic mass is 35.5. The normalized spacial score (nSPS) is 32.6. The number of fused-ring (bicyclic) bond motifs is 2. The summed E-state index contributed by atoms with van der Waals surface area (Å²) in [5, 5.41) is 9.63. The van der Waals surface area contributed by atoms with E-state index in [4.69, 9.17) is 11.6 Å². The first-order valence-electron chi connectivity index (χ1n) is 7.16. The van der Waals surface area contributed by atoms with Gasteiger partial charge in [-0.3, -0.25) is 0 Å². The van der Waals surface area contributed by atoms with Gasteiger partial charge in [-0.2, -0.15) is 5.26 Å². The second kappa shape index (κ2) is 5.54. The molecule has 0 unspecified atom stereocenters. The zero-order valence-corrected chi connectivity index (χ0v) is 13.9. The van der Waals surface area contributed by atoms with Gasteiger partial charge in [0.1, 0.15) is 4.21 Å². The molecule has 1 aromatic rings. The quantitative estimate of drug-likeness (QED) is 0.911. The summed E-state index contributed by atoms with van der Waals surface area (Å²) in [5.41, 5.74) is -0.532. The first-order chi connectivity index (χ1) is 9.97. The van der Waals surface area contributed by atoms with E-state index in [1.54, 1.807) is 6.07 Å². The highest BCUT2D eigenvalue weighted by molar-refractivity contribution is 7.91. The minimum atomic E-state index is -3.60. The number of nitrogens with one attached hydrogen (secondary N) is 1. The summed E-state index contributed by atoms with van der Waals surface area (Å²) < 4.78 is 28.6. The van der Waals surface area contributed by atoms with E-state index in [-0.39, 0.29) is 16.2 Å². The van der Waals surface area contributed by atoms with E-state index in [1.165, 1.54) is 6.07 Å². The Bertz CT molecular complexity index is 679. The van der Waals surface area contributed by atoms with Crippen molar-refractivity contribution in [1.82, 2.24) is 4.72 Å². The summed E-state index contributed by atoms with van der Waals surface area (Å²) in [7, 11) is -3.60. The smallest absolute Gasteiger partial charge is 0.206 e. The van der Waals surface area contributed by atoms with E-state index in [2.05, 4.69) is 10.8 Å². The van der Waals surface area contributed by atoms with Crippen LogP contribution in [0.4, 0.5) is 0 Å². The molecule has 2 saturated carbocycles. The van der Waals surface area contributed by atoms with Crippen LogP contribution in [0.5, 0.6) is 0 Å². The van der Waals surface area contributed by atoms with Crippen LogP contribution in [-0.4, -0.2) is 14.5 Å². The lowest BCUT2D eigenvalue weighted by Gasteiger charge is -2.29. The summed E-state index contributed by atoms with van der Waals surface area (Å²) in [4.78, 5) is 0. The van der Waals surface area contributed by atoms with Crippen molar-refractivity contribution < 1.29 is 8.42 Å². The minimum Gasteiger partial charge on any atom is -0.206 e. The summed E-state index contributed by atoms with van der Waals surface area (Å²) in [6.45, 7) is 0. The molecule has 2 fully saturated rings. The Morgan fingerprint density at radius 2 is 2.14 bits per heavy atom. The van der Waals surface area contributed by atoms with Crippen molar-refractivity contribution in [1.29, 1.82) is 5.26 Å². The summed E-state index contributed by atoms with van der Waals surface area (Å²) in [6, 6.07) is 5.27. The number of nitrogens with zero attached hydrogens (tertiary/aromatic N) is 1. The van der Waals surface area contributed by atoms with Gasteiger partial charge in [-0.25, -0.2) is 13.1 Å². The van der Waals surface area contributed by atoms with Crippen molar-refractivity contribution in [3.05, 3.63) is 16.5 Å². The Hall–Kier alpha value is -0.610. The highest BCUT2D eigenvalue weighted by Gasteiger charge is 2.51. The molecule has 2 aliphatic carbocycles. The molecular formula is C14H17ClN2O2S2. The Kier molecular flexibility index (Phi) is 4.04. The van der Waals surface area contributed by atoms with Crippen LogP contribution < -0.4 is 4.72 Å². The Morgan fingerprint density at radius 1 is 1.33 bits per heavy atom. The molecule has 1 aromatic heterocycles. The van der Waals surface area contributed by atoms with Crippen LogP contribution in [0.25, 0.3) is 0 Å². The molecule has 21 heavy (non-hydrogen) atoms. The molecule has 2 aliphatic rings. The second-order valence-corrected chi connectivity index (χ2v) is 9.63. The van der Waals surface area contributed by atoms with Gasteiger partial charge < -0.3 is 0 Å². The third kappa shape index (κ3) is 2.72. The maximum atomic E-state index is 12.5. The number of sulfonamides is 1. The van der Waals surface area contributed by atoms with Gasteiger partial charge in [-0.1, -0.05) is 24.4 Å². The molecule has 114 valence electrons.